The maximum Gasteiger partial charge on any atom is 0.490 e. The second-order valence-electron chi connectivity index (χ2n) is 23.7. The van der Waals surface area contributed by atoms with Crippen LogP contribution in [0.3, 0.4) is 0 Å². The van der Waals surface area contributed by atoms with Crippen molar-refractivity contribution in [1.29, 1.82) is 0 Å². The number of nitrogens with zero attached hydrogens (tertiary/aromatic N) is 10. The monoisotopic (exact) mass is 1370 g/mol. The molecule has 502 valence electrons. The van der Waals surface area contributed by atoms with E-state index in [0.717, 1.165) is 151 Å². The fraction of sp³-hybridized carbons (Fsp3) is 0.462. The zero-order chi connectivity index (χ0) is 66.9. The molecule has 4 aliphatic heterocycles. The number of hydrogen-bond donors (Lipinski definition) is 8. The summed E-state index contributed by atoms with van der Waals surface area (Å²) in [5.41, 5.74) is 8.19. The van der Waals surface area contributed by atoms with E-state index >= 15 is 0 Å². The van der Waals surface area contributed by atoms with E-state index in [1.54, 1.807) is 12.7 Å². The van der Waals surface area contributed by atoms with E-state index in [4.69, 9.17) is 52.8 Å². The van der Waals surface area contributed by atoms with E-state index in [9.17, 15) is 27.9 Å². The van der Waals surface area contributed by atoms with Crippen molar-refractivity contribution in [2.24, 2.45) is 0 Å². The number of benzene rings is 2. The molecule has 4 aliphatic rings. The maximum atomic E-state index is 13.3. The molecule has 2 aromatic carbocycles. The summed E-state index contributed by atoms with van der Waals surface area (Å²) >= 11 is 12.5. The van der Waals surface area contributed by atoms with Crippen LogP contribution < -0.4 is 41.7 Å². The van der Waals surface area contributed by atoms with Crippen LogP contribution in [0.15, 0.2) is 85.5 Å². The van der Waals surface area contributed by atoms with Gasteiger partial charge in [-0.2, -0.15) is 13.2 Å². The van der Waals surface area contributed by atoms with Gasteiger partial charge in [0, 0.05) is 86.7 Å². The van der Waals surface area contributed by atoms with Crippen LogP contribution in [0.25, 0.3) is 20.4 Å². The molecule has 2 saturated heterocycles. The van der Waals surface area contributed by atoms with Gasteiger partial charge >= 0.3 is 24.1 Å². The van der Waals surface area contributed by atoms with Crippen LogP contribution >= 0.6 is 45.9 Å². The normalized spacial score (nSPS) is 15.6. The number of carbonyl (C=O) groups excluding carboxylic acids is 1. The van der Waals surface area contributed by atoms with E-state index < -0.39 is 35.8 Å². The molecule has 0 radical (unpaired) electrons. The number of nitrogens with one attached hydrogen (secondary N) is 6. The van der Waals surface area contributed by atoms with E-state index in [2.05, 4.69) is 105 Å². The first-order valence-corrected chi connectivity index (χ1v) is 34.2. The second kappa shape index (κ2) is 32.8. The lowest BCUT2D eigenvalue weighted by atomic mass is 9.92. The van der Waals surface area contributed by atoms with Gasteiger partial charge in [-0.25, -0.2) is 54.3 Å². The molecule has 0 saturated carbocycles. The Morgan fingerprint density at radius 3 is 1.45 bits per heavy atom. The van der Waals surface area contributed by atoms with Crippen LogP contribution in [0.4, 0.5) is 58.3 Å². The minimum absolute atomic E-state index is 0.162. The summed E-state index contributed by atoms with van der Waals surface area (Å²) in [5.74, 6) is 2.23. The number of piperidine rings is 2. The topological polar surface area (TPSA) is 283 Å². The zero-order valence-electron chi connectivity index (χ0n) is 53.0. The number of aromatic nitrogens is 8. The van der Waals surface area contributed by atoms with Crippen molar-refractivity contribution in [3.05, 3.63) is 119 Å². The van der Waals surface area contributed by atoms with Crippen molar-refractivity contribution in [2.45, 2.75) is 135 Å². The first-order chi connectivity index (χ1) is 45.2. The first-order valence-electron chi connectivity index (χ1n) is 31.5. The molecule has 6 aromatic heterocycles. The fourth-order valence-corrected chi connectivity index (χ4v) is 13.4. The van der Waals surface area contributed by atoms with Crippen molar-refractivity contribution < 1.29 is 42.5 Å². The molecule has 10 heterocycles. The number of alkyl halides is 5. The fourth-order valence-electron chi connectivity index (χ4n) is 11.6. The van der Waals surface area contributed by atoms with Crippen LogP contribution in [0.5, 0.6) is 0 Å². The summed E-state index contributed by atoms with van der Waals surface area (Å²) in [7, 11) is 0. The summed E-state index contributed by atoms with van der Waals surface area (Å²) < 4.78 is 39.6. The number of rotatable bonds is 18. The van der Waals surface area contributed by atoms with E-state index in [-0.39, 0.29) is 24.4 Å². The van der Waals surface area contributed by atoms with Gasteiger partial charge in [-0.1, -0.05) is 72.9 Å². The lowest BCUT2D eigenvalue weighted by Gasteiger charge is -2.34. The lowest BCUT2D eigenvalue weighted by Crippen LogP contribution is -2.41. The van der Waals surface area contributed by atoms with Crippen LogP contribution in [-0.4, -0.2) is 150 Å². The number of para-hydroxylation sites is 2. The number of carbonyl (C=O) groups is 3. The molecular formula is C65H79Cl2F3N16O6S2. The number of carboxylic acids is 2. The minimum Gasteiger partial charge on any atom is -0.480 e. The third-order valence-electron chi connectivity index (χ3n) is 16.2. The highest BCUT2D eigenvalue weighted by atomic mass is 35.5. The molecule has 8 N–H and O–H groups in total. The Morgan fingerprint density at radius 1 is 0.638 bits per heavy atom. The van der Waals surface area contributed by atoms with Gasteiger partial charge in [0.25, 0.3) is 0 Å². The van der Waals surface area contributed by atoms with Gasteiger partial charge < -0.3 is 56.7 Å². The molecule has 0 spiro atoms. The predicted octanol–water partition coefficient (Wildman–Crippen LogP) is 12.8. The van der Waals surface area contributed by atoms with E-state index in [0.29, 0.717) is 27.9 Å². The molecule has 2 atom stereocenters. The Hall–Kier alpha value is -8.14. The maximum absolute atomic E-state index is 13.3. The Bertz CT molecular complexity index is 3780. The Balaban J connectivity index is 0.000000194. The quantitative estimate of drug-likeness (QED) is 0.0293. The molecule has 0 amide bonds. The number of thiazole rings is 2. The number of aliphatic carboxylic acids is 2. The second-order valence-corrected chi connectivity index (χ2v) is 26.6. The lowest BCUT2D eigenvalue weighted by molar-refractivity contribution is -0.192. The van der Waals surface area contributed by atoms with E-state index in [1.807, 2.05) is 69.3 Å². The number of carboxylic acid groups (broad SMARTS) is 2. The van der Waals surface area contributed by atoms with E-state index in [1.165, 1.54) is 58.0 Å². The Morgan fingerprint density at radius 2 is 1.05 bits per heavy atom. The van der Waals surface area contributed by atoms with Gasteiger partial charge in [0.15, 0.2) is 10.3 Å². The van der Waals surface area contributed by atoms with Crippen molar-refractivity contribution in [3.63, 3.8) is 0 Å². The van der Waals surface area contributed by atoms with Gasteiger partial charge in [0.2, 0.25) is 0 Å². The SMILES string of the molecule is CCc1c(NC[C@H](Nc2nc3ccccc3s2)C(=O)O)ncnc1N1CCC(c2ccc3c(n2)NCCC3)CC1.CCc1c(NC[C@H](Nc2nc3ccccc3s2)C(=O)OC(C)(C)C)ncnc1N1CCC(c2ccc3c(n2)NCCC3)CC1.ClCCl.O=C(O)C(F)(F)F. The summed E-state index contributed by atoms with van der Waals surface area (Å²) in [6, 6.07) is 23.1. The molecule has 0 unspecified atom stereocenters. The van der Waals surface area contributed by atoms with Crippen LogP contribution in [0.1, 0.15) is 119 Å². The van der Waals surface area contributed by atoms with Crippen molar-refractivity contribution in [2.75, 3.05) is 99.4 Å². The zero-order valence-corrected chi connectivity index (χ0v) is 56.2. The summed E-state index contributed by atoms with van der Waals surface area (Å²) in [5, 5.41) is 38.5. The number of aryl methyl sites for hydroxylation is 2. The summed E-state index contributed by atoms with van der Waals surface area (Å²) in [6.07, 6.45) is 8.20. The van der Waals surface area contributed by atoms with Gasteiger partial charge in [0.1, 0.15) is 65.2 Å². The van der Waals surface area contributed by atoms with Gasteiger partial charge in [-0.15, -0.1) is 23.2 Å². The average Bonchev–Trinajstić information content (AvgIpc) is 1.20. The number of fused-ring (bicyclic) bond motifs is 4. The van der Waals surface area contributed by atoms with Crippen molar-refractivity contribution in [3.8, 4) is 0 Å². The highest BCUT2D eigenvalue weighted by Crippen LogP contribution is 2.37. The standard InChI is InChI=1S/C33H42N8O2S.C29H34N8O2S.C2HF3O2.CH2Cl2/c1-5-23-29(35-19-26(31(42)43-33(2,3)4)40-32-39-25-10-6-7-11-27(25)44-32)36-20-37-30(23)41-17-14-21(15-18-41)24-13-12-22-9-8-16-34-28(22)38-24;1-2-20-26(31-16-23(28(38)39)36-29-35-22-7-3-4-8-24(22)40-29)32-17-33-27(20)37-14-11-18(12-15-37)21-10-9-19-6-5-13-30-25(19)34-21;3-2(4,5)1(6)7;2-1-3/h6-7,10-13,20-21,26H,5,8-9,14-19H2,1-4H3,(H,34,38)(H,39,40)(H,35,36,37);3-4,7-10,17-18,23H,2,5-6,11-16H2,1H3,(H,30,34)(H,35,36)(H,38,39)(H,31,32,33);(H,6,7);1H2/t26-;23-;;/m00../s1. The summed E-state index contributed by atoms with van der Waals surface area (Å²) in [4.78, 5) is 76.5. The molecule has 12 rings (SSSR count). The molecule has 29 heteroatoms. The first kappa shape index (κ1) is 70.2. The van der Waals surface area contributed by atoms with Crippen LogP contribution in [0, 0.1) is 0 Å². The number of ether oxygens (including phenoxy) is 1. The third kappa shape index (κ3) is 18.8. The third-order valence-corrected chi connectivity index (χ3v) is 18.1. The number of halogens is 5. The Labute approximate surface area is 561 Å². The van der Waals surface area contributed by atoms with Crippen LogP contribution in [-0.2, 0) is 44.8 Å². The average molecular weight is 1370 g/mol. The minimum atomic E-state index is -5.08. The molecule has 94 heavy (non-hydrogen) atoms. The molecule has 8 aromatic rings. The number of pyridine rings is 2. The Kier molecular flexibility index (Phi) is 24.5. The number of anilines is 8. The largest absolute Gasteiger partial charge is 0.490 e. The number of esters is 1. The highest BCUT2D eigenvalue weighted by molar-refractivity contribution is 7.22. The molecular weight excluding hydrogens is 1290 g/mol. The van der Waals surface area contributed by atoms with Crippen molar-refractivity contribution in [1.82, 2.24) is 39.9 Å². The van der Waals surface area contributed by atoms with Gasteiger partial charge in [-0.3, -0.25) is 0 Å². The summed E-state index contributed by atoms with van der Waals surface area (Å²) in [6.45, 7) is 15.9. The molecule has 22 nitrogen and oxygen atoms in total. The molecule has 0 bridgehead atoms. The smallest absolute Gasteiger partial charge is 0.480 e. The highest BCUT2D eigenvalue weighted by Gasteiger charge is 2.38. The molecule has 2 fully saturated rings. The number of hydrogen-bond acceptors (Lipinski definition) is 22. The predicted molar refractivity (Wildman–Crippen MR) is 368 cm³/mol. The molecule has 0 aliphatic carbocycles. The van der Waals surface area contributed by atoms with Gasteiger partial charge in [-0.05, 0) is 133 Å². The van der Waals surface area contributed by atoms with Crippen LogP contribution in [0.2, 0.25) is 0 Å². The van der Waals surface area contributed by atoms with Gasteiger partial charge in [0.05, 0.1) is 25.8 Å². The van der Waals surface area contributed by atoms with Crippen molar-refractivity contribution >= 4 is 129 Å².